The van der Waals surface area contributed by atoms with Crippen LogP contribution >= 0.6 is 22.9 Å². The number of pyridine rings is 1. The second-order valence-corrected chi connectivity index (χ2v) is 9.21. The van der Waals surface area contributed by atoms with E-state index in [2.05, 4.69) is 0 Å². The van der Waals surface area contributed by atoms with Crippen LogP contribution in [-0.2, 0) is 12.7 Å². The number of ether oxygens (including phenoxy) is 1. The van der Waals surface area contributed by atoms with Crippen molar-refractivity contribution in [1.29, 1.82) is 0 Å². The molecule has 0 radical (unpaired) electrons. The Labute approximate surface area is 211 Å². The molecular formula is C25H18ClF5N2O2S. The van der Waals surface area contributed by atoms with Crippen molar-refractivity contribution >= 4 is 28.6 Å². The quantitative estimate of drug-likeness (QED) is 0.263. The van der Waals surface area contributed by atoms with Gasteiger partial charge in [0.05, 0.1) is 34.3 Å². The molecule has 0 aliphatic carbocycles. The topological polar surface area (TPSA) is 57.2 Å². The molecule has 0 aliphatic rings. The number of alkyl halides is 3. The van der Waals surface area contributed by atoms with Gasteiger partial charge in [-0.25, -0.2) is 8.78 Å². The number of halogens is 6. The van der Waals surface area contributed by atoms with Crippen LogP contribution in [0.15, 0.2) is 59.4 Å². The van der Waals surface area contributed by atoms with E-state index >= 15 is 0 Å². The molecule has 2 N–H and O–H groups in total. The van der Waals surface area contributed by atoms with E-state index in [9.17, 15) is 26.7 Å². The first-order valence-electron chi connectivity index (χ1n) is 10.6. The average Bonchev–Trinajstić information content (AvgIpc) is 3.29. The summed E-state index contributed by atoms with van der Waals surface area (Å²) in [7, 11) is 0. The predicted molar refractivity (Wildman–Crippen MR) is 131 cm³/mol. The summed E-state index contributed by atoms with van der Waals surface area (Å²) >= 11 is 7.38. The maximum Gasteiger partial charge on any atom is 0.418 e. The minimum atomic E-state index is -4.89. The van der Waals surface area contributed by atoms with Crippen LogP contribution in [0.4, 0.5) is 27.6 Å². The summed E-state index contributed by atoms with van der Waals surface area (Å²) < 4.78 is 75.0. The van der Waals surface area contributed by atoms with Gasteiger partial charge < -0.3 is 15.0 Å². The van der Waals surface area contributed by atoms with Gasteiger partial charge in [-0.05, 0) is 55.0 Å². The van der Waals surface area contributed by atoms with E-state index in [0.717, 1.165) is 34.1 Å². The highest BCUT2D eigenvalue weighted by molar-refractivity contribution is 7.18. The molecule has 0 saturated heterocycles. The van der Waals surface area contributed by atoms with Gasteiger partial charge in [-0.2, -0.15) is 13.2 Å². The van der Waals surface area contributed by atoms with E-state index in [1.807, 2.05) is 6.92 Å². The highest BCUT2D eigenvalue weighted by atomic mass is 35.5. The van der Waals surface area contributed by atoms with Crippen molar-refractivity contribution in [3.05, 3.63) is 92.7 Å². The van der Waals surface area contributed by atoms with Crippen LogP contribution in [0.25, 0.3) is 21.0 Å². The van der Waals surface area contributed by atoms with Crippen LogP contribution in [0.1, 0.15) is 18.1 Å². The minimum Gasteiger partial charge on any atom is -0.492 e. The Kier molecular flexibility index (Phi) is 7.10. The molecule has 0 fully saturated rings. The Bertz CT molecular complexity index is 1500. The Morgan fingerprint density at radius 3 is 2.39 bits per heavy atom. The molecule has 4 rings (SSSR count). The van der Waals surface area contributed by atoms with Gasteiger partial charge in [-0.1, -0.05) is 17.7 Å². The minimum absolute atomic E-state index is 0.0889. The lowest BCUT2D eigenvalue weighted by Crippen LogP contribution is -2.28. The number of nitrogens with two attached hydrogens (primary N) is 1. The van der Waals surface area contributed by atoms with Gasteiger partial charge in [-0.3, -0.25) is 4.79 Å². The third-order valence-corrected chi connectivity index (χ3v) is 6.81. The van der Waals surface area contributed by atoms with Crippen molar-refractivity contribution in [1.82, 2.24) is 4.57 Å². The summed E-state index contributed by atoms with van der Waals surface area (Å²) in [5, 5.41) is 0.361. The molecular weight excluding hydrogens is 523 g/mol. The number of thiophene rings is 1. The maximum atomic E-state index is 14.3. The predicted octanol–water partition coefficient (Wildman–Crippen LogP) is 7.22. The lowest BCUT2D eigenvalue weighted by atomic mass is 10.1. The molecule has 0 atom stereocenters. The summed E-state index contributed by atoms with van der Waals surface area (Å²) in [5.41, 5.74) is 2.60. The lowest BCUT2D eigenvalue weighted by molar-refractivity contribution is -0.137. The van der Waals surface area contributed by atoms with E-state index in [0.29, 0.717) is 38.8 Å². The van der Waals surface area contributed by atoms with Gasteiger partial charge in [0.1, 0.15) is 23.1 Å². The van der Waals surface area contributed by atoms with E-state index in [1.54, 1.807) is 30.3 Å². The Hall–Kier alpha value is -3.37. The Morgan fingerprint density at radius 1 is 1.03 bits per heavy atom. The smallest absolute Gasteiger partial charge is 0.418 e. The summed E-state index contributed by atoms with van der Waals surface area (Å²) in [6, 6.07) is 11.8. The highest BCUT2D eigenvalue weighted by Gasteiger charge is 2.36. The number of aromatic nitrogens is 1. The third-order valence-electron chi connectivity index (χ3n) is 5.36. The summed E-state index contributed by atoms with van der Waals surface area (Å²) in [6.07, 6.45) is -4.89. The number of nitrogens with zero attached hydrogens (tertiary/aromatic N) is 1. The molecule has 2 aromatic heterocycles. The highest BCUT2D eigenvalue weighted by Crippen LogP contribution is 2.40. The Morgan fingerprint density at radius 2 is 1.75 bits per heavy atom. The van der Waals surface area contributed by atoms with Gasteiger partial charge in [0.2, 0.25) is 0 Å². The molecule has 4 aromatic rings. The molecule has 2 heterocycles. The van der Waals surface area contributed by atoms with Gasteiger partial charge in [0.15, 0.2) is 0 Å². The molecule has 0 saturated carbocycles. The van der Waals surface area contributed by atoms with Crippen LogP contribution in [0.5, 0.6) is 5.75 Å². The zero-order chi connectivity index (χ0) is 26.2. The van der Waals surface area contributed by atoms with Crippen molar-refractivity contribution in [3.63, 3.8) is 0 Å². The molecule has 0 bridgehead atoms. The molecule has 0 unspecified atom stereocenters. The molecule has 11 heteroatoms. The monoisotopic (exact) mass is 540 g/mol. The second-order valence-electron chi connectivity index (χ2n) is 7.72. The SMILES string of the molecule is CCOc1ccc(-c2ccc(-c3cc(C(F)(F)F)c(N)c(=O)n3Cc3ccc(F)cc3F)s2)cc1Cl. The van der Waals surface area contributed by atoms with Crippen LogP contribution in [0, 0.1) is 11.6 Å². The number of nitrogen functional groups attached to an aromatic ring is 1. The van der Waals surface area contributed by atoms with Crippen molar-refractivity contribution in [3.8, 4) is 26.8 Å². The Balaban J connectivity index is 1.85. The first kappa shape index (κ1) is 25.7. The molecule has 2 aromatic carbocycles. The summed E-state index contributed by atoms with van der Waals surface area (Å²) in [6.45, 7) is 1.78. The lowest BCUT2D eigenvalue weighted by Gasteiger charge is -2.17. The van der Waals surface area contributed by atoms with Gasteiger partial charge in [0, 0.05) is 16.5 Å². The first-order valence-corrected chi connectivity index (χ1v) is 11.8. The van der Waals surface area contributed by atoms with Crippen LogP contribution < -0.4 is 16.0 Å². The number of rotatable bonds is 6. The van der Waals surface area contributed by atoms with Crippen molar-refractivity contribution < 1.29 is 26.7 Å². The average molecular weight is 541 g/mol. The van der Waals surface area contributed by atoms with E-state index < -0.39 is 41.2 Å². The van der Waals surface area contributed by atoms with Gasteiger partial charge in [0.25, 0.3) is 5.56 Å². The maximum absolute atomic E-state index is 14.3. The fourth-order valence-electron chi connectivity index (χ4n) is 3.64. The zero-order valence-corrected chi connectivity index (χ0v) is 20.2. The molecule has 0 aliphatic heterocycles. The molecule has 4 nitrogen and oxygen atoms in total. The van der Waals surface area contributed by atoms with Crippen molar-refractivity contribution in [2.75, 3.05) is 12.3 Å². The van der Waals surface area contributed by atoms with Gasteiger partial charge >= 0.3 is 6.18 Å². The number of anilines is 1. The molecule has 36 heavy (non-hydrogen) atoms. The fourth-order valence-corrected chi connectivity index (χ4v) is 4.90. The summed E-state index contributed by atoms with van der Waals surface area (Å²) in [5.74, 6) is -1.28. The normalized spacial score (nSPS) is 11.6. The van der Waals surface area contributed by atoms with Crippen LogP contribution in [0.2, 0.25) is 5.02 Å². The number of hydrogen-bond donors (Lipinski definition) is 1. The molecule has 0 spiro atoms. The second kappa shape index (κ2) is 9.94. The van der Waals surface area contributed by atoms with Gasteiger partial charge in [-0.15, -0.1) is 11.3 Å². The zero-order valence-electron chi connectivity index (χ0n) is 18.6. The third kappa shape index (κ3) is 5.10. The standard InChI is InChI=1S/C25H18ClF5N2O2S/c1-2-35-20-6-4-13(9-17(20)26)21-7-8-22(36-21)19-11-16(25(29,30)31)23(32)24(34)33(19)12-14-3-5-15(27)10-18(14)28/h3-11H,2,12,32H2,1H3. The largest absolute Gasteiger partial charge is 0.492 e. The van der Waals surface area contributed by atoms with E-state index in [4.69, 9.17) is 22.1 Å². The van der Waals surface area contributed by atoms with Crippen molar-refractivity contribution in [2.45, 2.75) is 19.6 Å². The molecule has 188 valence electrons. The van der Waals surface area contributed by atoms with E-state index in [-0.39, 0.29) is 11.3 Å². The molecule has 0 amide bonds. The summed E-state index contributed by atoms with van der Waals surface area (Å²) in [4.78, 5) is 13.9. The first-order chi connectivity index (χ1) is 17.0. The van der Waals surface area contributed by atoms with E-state index in [1.165, 1.54) is 0 Å². The van der Waals surface area contributed by atoms with Crippen LogP contribution in [0.3, 0.4) is 0 Å². The van der Waals surface area contributed by atoms with Crippen LogP contribution in [-0.4, -0.2) is 11.2 Å². The number of hydrogen-bond acceptors (Lipinski definition) is 4. The number of benzene rings is 2. The fraction of sp³-hybridized carbons (Fsp3) is 0.160. The van der Waals surface area contributed by atoms with Crippen molar-refractivity contribution in [2.24, 2.45) is 0 Å².